The summed E-state index contributed by atoms with van der Waals surface area (Å²) in [5, 5.41) is 0.553. The number of hydrogen-bond donors (Lipinski definition) is 0. The number of piperazine rings is 1. The Labute approximate surface area is 247 Å². The van der Waals surface area contributed by atoms with E-state index in [2.05, 4.69) is 9.80 Å². The number of halogens is 2. The highest BCUT2D eigenvalue weighted by molar-refractivity contribution is 6.36. The number of ketones is 1. The van der Waals surface area contributed by atoms with Gasteiger partial charge in [-0.25, -0.2) is 9.69 Å². The van der Waals surface area contributed by atoms with Gasteiger partial charge in [-0.15, -0.1) is 0 Å². The first-order valence-corrected chi connectivity index (χ1v) is 13.8. The highest BCUT2D eigenvalue weighted by Gasteiger charge is 2.43. The zero-order chi connectivity index (χ0) is 29.1. The van der Waals surface area contributed by atoms with Gasteiger partial charge in [0.2, 0.25) is 11.7 Å². The Morgan fingerprint density at radius 3 is 2.17 bits per heavy atom. The second kappa shape index (κ2) is 12.3. The number of carbonyl (C=O) groups is 4. The maximum Gasteiger partial charge on any atom is 0.338 e. The summed E-state index contributed by atoms with van der Waals surface area (Å²) in [4.78, 5) is 56.5. The normalized spacial score (nSPS) is 17.6. The maximum absolute atomic E-state index is 13.3. The standard InChI is InChI=1S/C30H27Cl2N3O6/c1-40-23-9-7-21(8-10-23)33-12-14-34(15-13-33)26-17-28(37)35(29(26)38)22-5-2-19(3-6-22)30(39)41-18-27(36)24-11-4-20(31)16-25(24)32/h2-11,16,26H,12-15,17-18H2,1H3. The summed E-state index contributed by atoms with van der Waals surface area (Å²) in [5.74, 6) is -0.975. The number of benzene rings is 3. The smallest absolute Gasteiger partial charge is 0.338 e. The van der Waals surface area contributed by atoms with Crippen molar-refractivity contribution in [3.05, 3.63) is 87.9 Å². The summed E-state index contributed by atoms with van der Waals surface area (Å²) < 4.78 is 10.4. The number of nitrogens with zero attached hydrogens (tertiary/aromatic N) is 3. The minimum absolute atomic E-state index is 0.0977. The maximum atomic E-state index is 13.3. The second-order valence-corrected chi connectivity index (χ2v) is 10.5. The number of ether oxygens (including phenoxy) is 2. The van der Waals surface area contributed by atoms with Crippen molar-refractivity contribution in [2.24, 2.45) is 0 Å². The molecule has 2 aliphatic heterocycles. The van der Waals surface area contributed by atoms with Crippen molar-refractivity contribution in [1.82, 2.24) is 4.90 Å². The molecule has 2 saturated heterocycles. The fourth-order valence-electron chi connectivity index (χ4n) is 5.01. The first-order valence-electron chi connectivity index (χ1n) is 13.0. The number of amides is 2. The van der Waals surface area contributed by atoms with Crippen molar-refractivity contribution >= 4 is 58.1 Å². The van der Waals surface area contributed by atoms with E-state index in [9.17, 15) is 19.2 Å². The Morgan fingerprint density at radius 2 is 1.54 bits per heavy atom. The summed E-state index contributed by atoms with van der Waals surface area (Å²) >= 11 is 11.9. The Morgan fingerprint density at radius 1 is 0.878 bits per heavy atom. The number of rotatable bonds is 8. The zero-order valence-corrected chi connectivity index (χ0v) is 23.7. The topological polar surface area (TPSA) is 96.5 Å². The van der Waals surface area contributed by atoms with E-state index in [1.807, 2.05) is 24.3 Å². The van der Waals surface area contributed by atoms with Crippen LogP contribution in [0, 0.1) is 0 Å². The summed E-state index contributed by atoms with van der Waals surface area (Å²) in [7, 11) is 1.63. The molecule has 3 aromatic carbocycles. The number of esters is 1. The molecule has 0 aromatic heterocycles. The van der Waals surface area contributed by atoms with Crippen LogP contribution >= 0.6 is 23.2 Å². The lowest BCUT2D eigenvalue weighted by atomic mass is 10.1. The van der Waals surface area contributed by atoms with Crippen molar-refractivity contribution in [1.29, 1.82) is 0 Å². The lowest BCUT2D eigenvalue weighted by Crippen LogP contribution is -2.52. The Kier molecular flexibility index (Phi) is 8.58. The largest absolute Gasteiger partial charge is 0.497 e. The van der Waals surface area contributed by atoms with Gasteiger partial charge in [-0.3, -0.25) is 19.3 Å². The van der Waals surface area contributed by atoms with E-state index in [1.165, 1.54) is 47.4 Å². The highest BCUT2D eigenvalue weighted by Crippen LogP contribution is 2.28. The van der Waals surface area contributed by atoms with Gasteiger partial charge in [-0.2, -0.15) is 0 Å². The minimum atomic E-state index is -0.721. The lowest BCUT2D eigenvalue weighted by molar-refractivity contribution is -0.123. The van der Waals surface area contributed by atoms with Crippen LogP contribution in [0.4, 0.5) is 11.4 Å². The van der Waals surface area contributed by atoms with Crippen molar-refractivity contribution in [2.45, 2.75) is 12.5 Å². The van der Waals surface area contributed by atoms with Crippen molar-refractivity contribution in [3.63, 3.8) is 0 Å². The van der Waals surface area contributed by atoms with Crippen LogP contribution in [0.15, 0.2) is 66.7 Å². The first kappa shape index (κ1) is 28.6. The van der Waals surface area contributed by atoms with Gasteiger partial charge in [0.1, 0.15) is 5.75 Å². The third-order valence-corrected chi connectivity index (χ3v) is 7.79. The van der Waals surface area contributed by atoms with Crippen molar-refractivity contribution in [3.8, 4) is 5.75 Å². The highest BCUT2D eigenvalue weighted by atomic mass is 35.5. The first-order chi connectivity index (χ1) is 19.7. The van der Waals surface area contributed by atoms with Crippen LogP contribution in [-0.2, 0) is 14.3 Å². The van der Waals surface area contributed by atoms with Crippen LogP contribution in [0.5, 0.6) is 5.75 Å². The van der Waals surface area contributed by atoms with E-state index in [0.717, 1.165) is 24.5 Å². The molecule has 0 aliphatic carbocycles. The molecule has 2 aliphatic rings. The Hall–Kier alpha value is -3.92. The molecule has 9 nitrogen and oxygen atoms in total. The summed E-state index contributed by atoms with van der Waals surface area (Å²) in [5.41, 5.74) is 1.83. The molecule has 0 spiro atoms. The van der Waals surface area contributed by atoms with Crippen LogP contribution in [0.1, 0.15) is 27.1 Å². The molecule has 212 valence electrons. The van der Waals surface area contributed by atoms with Gasteiger partial charge in [-0.1, -0.05) is 23.2 Å². The van der Waals surface area contributed by atoms with E-state index in [0.29, 0.717) is 23.8 Å². The number of Topliss-reactive ketones (excluding diaryl/α,β-unsaturated/α-hetero) is 1. The lowest BCUT2D eigenvalue weighted by Gasteiger charge is -2.38. The molecule has 2 heterocycles. The second-order valence-electron chi connectivity index (χ2n) is 9.68. The molecule has 0 saturated carbocycles. The van der Waals surface area contributed by atoms with Crippen LogP contribution in [0.25, 0.3) is 0 Å². The minimum Gasteiger partial charge on any atom is -0.497 e. The van der Waals surface area contributed by atoms with Crippen molar-refractivity contribution in [2.75, 3.05) is 49.7 Å². The SMILES string of the molecule is COc1ccc(N2CCN(C3CC(=O)N(c4ccc(C(=O)OCC(=O)c5ccc(Cl)cc5Cl)cc4)C3=O)CC2)cc1. The predicted octanol–water partition coefficient (Wildman–Crippen LogP) is 4.50. The third kappa shape index (κ3) is 6.22. The molecule has 41 heavy (non-hydrogen) atoms. The van der Waals surface area contributed by atoms with Crippen LogP contribution in [-0.4, -0.2) is 74.4 Å². The fourth-order valence-corrected chi connectivity index (χ4v) is 5.53. The van der Waals surface area contributed by atoms with Gasteiger partial charge in [0, 0.05) is 42.5 Å². The van der Waals surface area contributed by atoms with E-state index in [1.54, 1.807) is 7.11 Å². The van der Waals surface area contributed by atoms with Crippen molar-refractivity contribution < 1.29 is 28.7 Å². The molecule has 5 rings (SSSR count). The molecule has 1 atom stereocenters. The molecule has 0 bridgehead atoms. The van der Waals surface area contributed by atoms with E-state index in [-0.39, 0.29) is 34.4 Å². The van der Waals surface area contributed by atoms with Gasteiger partial charge in [0.25, 0.3) is 5.91 Å². The molecular formula is C30H27Cl2N3O6. The molecule has 11 heteroatoms. The average Bonchev–Trinajstić information content (AvgIpc) is 3.29. The van der Waals surface area contributed by atoms with Gasteiger partial charge >= 0.3 is 5.97 Å². The van der Waals surface area contributed by atoms with Gasteiger partial charge in [-0.05, 0) is 66.7 Å². The number of anilines is 2. The van der Waals surface area contributed by atoms with Gasteiger partial charge in [0.05, 0.1) is 35.8 Å². The molecule has 1 unspecified atom stereocenters. The van der Waals surface area contributed by atoms with Crippen LogP contribution in [0.3, 0.4) is 0 Å². The van der Waals surface area contributed by atoms with Crippen LogP contribution < -0.4 is 14.5 Å². The number of carbonyl (C=O) groups excluding carboxylic acids is 4. The number of methoxy groups -OCH3 is 1. The quantitative estimate of drug-likeness (QED) is 0.213. The third-order valence-electron chi connectivity index (χ3n) is 7.24. The van der Waals surface area contributed by atoms with E-state index < -0.39 is 24.4 Å². The van der Waals surface area contributed by atoms with Gasteiger partial charge in [0.15, 0.2) is 6.61 Å². The summed E-state index contributed by atoms with van der Waals surface area (Å²) in [6.07, 6.45) is 0.0977. The molecule has 0 N–H and O–H groups in total. The van der Waals surface area contributed by atoms with E-state index >= 15 is 0 Å². The molecular weight excluding hydrogens is 569 g/mol. The Bertz CT molecular complexity index is 1470. The van der Waals surface area contributed by atoms with E-state index in [4.69, 9.17) is 32.7 Å². The molecule has 0 radical (unpaired) electrons. The average molecular weight is 596 g/mol. The summed E-state index contributed by atoms with van der Waals surface area (Å²) in [6, 6.07) is 17.7. The summed E-state index contributed by atoms with van der Waals surface area (Å²) in [6.45, 7) is 2.25. The fraction of sp³-hybridized carbons (Fsp3) is 0.267. The zero-order valence-electron chi connectivity index (χ0n) is 22.2. The number of imide groups is 1. The number of hydrogen-bond acceptors (Lipinski definition) is 8. The van der Waals surface area contributed by atoms with Gasteiger partial charge < -0.3 is 14.4 Å². The molecule has 2 amide bonds. The predicted molar refractivity (Wildman–Crippen MR) is 155 cm³/mol. The van der Waals surface area contributed by atoms with Crippen LogP contribution in [0.2, 0.25) is 10.0 Å². The monoisotopic (exact) mass is 595 g/mol. The molecule has 3 aromatic rings. The molecule has 2 fully saturated rings. The Balaban J connectivity index is 1.16.